The van der Waals surface area contributed by atoms with Crippen molar-refractivity contribution in [3.05, 3.63) is 77.2 Å². The zero-order chi connectivity index (χ0) is 21.1. The van der Waals surface area contributed by atoms with Crippen molar-refractivity contribution in [2.24, 2.45) is 0 Å². The smallest absolute Gasteiger partial charge is 0.323 e. The lowest BCUT2D eigenvalue weighted by atomic mass is 10.3. The third-order valence-electron chi connectivity index (χ3n) is 3.92. The van der Waals surface area contributed by atoms with Gasteiger partial charge in [0.25, 0.3) is 0 Å². The van der Waals surface area contributed by atoms with Crippen LogP contribution in [0.4, 0.5) is 25.0 Å². The molecule has 0 atom stereocenters. The third kappa shape index (κ3) is 4.49. The lowest BCUT2D eigenvalue weighted by Crippen LogP contribution is -2.20. The van der Waals surface area contributed by atoms with Gasteiger partial charge in [0.1, 0.15) is 23.7 Å². The Morgan fingerprint density at radius 3 is 2.53 bits per heavy atom. The van der Waals surface area contributed by atoms with Crippen molar-refractivity contribution in [1.29, 1.82) is 0 Å². The molecule has 2 heterocycles. The van der Waals surface area contributed by atoms with Gasteiger partial charge in [-0.15, -0.1) is 0 Å². The Bertz CT molecular complexity index is 1240. The van der Waals surface area contributed by atoms with Crippen molar-refractivity contribution < 1.29 is 18.3 Å². The Balaban J connectivity index is 1.44. The molecule has 0 saturated heterocycles. The summed E-state index contributed by atoms with van der Waals surface area (Å²) in [5.41, 5.74) is 0.801. The first kappa shape index (κ1) is 19.6. The van der Waals surface area contributed by atoms with Crippen LogP contribution in [0.25, 0.3) is 11.0 Å². The van der Waals surface area contributed by atoms with E-state index in [2.05, 4.69) is 41.5 Å². The molecule has 0 bridgehead atoms. The van der Waals surface area contributed by atoms with Crippen LogP contribution >= 0.6 is 15.9 Å². The molecular weight excluding hydrogens is 460 g/mol. The van der Waals surface area contributed by atoms with Gasteiger partial charge in [0.2, 0.25) is 5.88 Å². The van der Waals surface area contributed by atoms with Gasteiger partial charge in [0, 0.05) is 22.4 Å². The standard InChI is InChI=1S/C20H12BrF2N5O2/c21-11-7-15-18(24-9-11)25-10-26-19(15)30-14-4-2-13(3-5-14)27-20(29)28-17-6-1-12(22)8-16(17)23/h1-10H,(H2,27,28,29). The highest BCUT2D eigenvalue weighted by molar-refractivity contribution is 9.10. The lowest BCUT2D eigenvalue weighted by Gasteiger charge is -2.10. The molecule has 30 heavy (non-hydrogen) atoms. The maximum Gasteiger partial charge on any atom is 0.323 e. The molecule has 0 aliphatic heterocycles. The van der Waals surface area contributed by atoms with E-state index in [0.29, 0.717) is 34.4 Å². The number of anilines is 2. The van der Waals surface area contributed by atoms with Gasteiger partial charge < -0.3 is 15.4 Å². The molecular formula is C20H12BrF2N5O2. The number of ether oxygens (including phenoxy) is 1. The summed E-state index contributed by atoms with van der Waals surface area (Å²) in [4.78, 5) is 24.5. The normalized spacial score (nSPS) is 10.6. The van der Waals surface area contributed by atoms with E-state index in [0.717, 1.165) is 16.6 Å². The molecule has 0 saturated carbocycles. The quantitative estimate of drug-likeness (QED) is 0.410. The summed E-state index contributed by atoms with van der Waals surface area (Å²) in [6.45, 7) is 0. The zero-order valence-corrected chi connectivity index (χ0v) is 16.7. The summed E-state index contributed by atoms with van der Waals surface area (Å²) in [5.74, 6) is -0.787. The Morgan fingerprint density at radius 2 is 1.77 bits per heavy atom. The number of benzene rings is 2. The minimum atomic E-state index is -0.868. The molecule has 0 spiro atoms. The van der Waals surface area contributed by atoms with Crippen molar-refractivity contribution in [2.75, 3.05) is 10.6 Å². The number of hydrogen-bond donors (Lipinski definition) is 2. The number of nitrogens with zero attached hydrogens (tertiary/aromatic N) is 3. The molecule has 150 valence electrons. The van der Waals surface area contributed by atoms with Crippen molar-refractivity contribution in [2.45, 2.75) is 0 Å². The van der Waals surface area contributed by atoms with E-state index < -0.39 is 17.7 Å². The highest BCUT2D eigenvalue weighted by Crippen LogP contribution is 2.28. The third-order valence-corrected chi connectivity index (χ3v) is 4.36. The number of hydrogen-bond acceptors (Lipinski definition) is 5. The molecule has 2 aromatic heterocycles. The second-order valence-electron chi connectivity index (χ2n) is 6.03. The Hall–Kier alpha value is -3.66. The predicted molar refractivity (Wildman–Crippen MR) is 111 cm³/mol. The Labute approximate surface area is 177 Å². The van der Waals surface area contributed by atoms with E-state index in [1.54, 1.807) is 36.5 Å². The van der Waals surface area contributed by atoms with Gasteiger partial charge in [-0.1, -0.05) is 0 Å². The van der Waals surface area contributed by atoms with Gasteiger partial charge in [0.15, 0.2) is 5.65 Å². The number of fused-ring (bicyclic) bond motifs is 1. The van der Waals surface area contributed by atoms with Crippen LogP contribution in [0, 0.1) is 11.6 Å². The number of rotatable bonds is 4. The number of urea groups is 1. The number of carbonyl (C=O) groups is 1. The number of carbonyl (C=O) groups excluding carboxylic acids is 1. The van der Waals surface area contributed by atoms with Crippen LogP contribution in [0.3, 0.4) is 0 Å². The summed E-state index contributed by atoms with van der Waals surface area (Å²) in [7, 11) is 0. The fraction of sp³-hybridized carbons (Fsp3) is 0. The van der Waals surface area contributed by atoms with Crippen LogP contribution in [0.15, 0.2) is 65.5 Å². The number of nitrogens with one attached hydrogen (secondary N) is 2. The van der Waals surface area contributed by atoms with E-state index in [-0.39, 0.29) is 5.69 Å². The lowest BCUT2D eigenvalue weighted by molar-refractivity contribution is 0.262. The highest BCUT2D eigenvalue weighted by Gasteiger charge is 2.10. The summed E-state index contributed by atoms with van der Waals surface area (Å²) >= 11 is 3.35. The number of pyridine rings is 1. The van der Waals surface area contributed by atoms with E-state index in [1.807, 2.05) is 0 Å². The van der Waals surface area contributed by atoms with Crippen molar-refractivity contribution in [3.8, 4) is 11.6 Å². The average Bonchev–Trinajstić information content (AvgIpc) is 2.72. The summed E-state index contributed by atoms with van der Waals surface area (Å²) in [6.07, 6.45) is 2.98. The van der Waals surface area contributed by atoms with Gasteiger partial charge >= 0.3 is 6.03 Å². The van der Waals surface area contributed by atoms with Crippen molar-refractivity contribution in [3.63, 3.8) is 0 Å². The maximum atomic E-state index is 13.6. The highest BCUT2D eigenvalue weighted by atomic mass is 79.9. The molecule has 0 unspecified atom stereocenters. The second-order valence-corrected chi connectivity index (χ2v) is 6.95. The van der Waals surface area contributed by atoms with Crippen LogP contribution in [0.2, 0.25) is 0 Å². The minimum Gasteiger partial charge on any atom is -0.438 e. The molecule has 7 nitrogen and oxygen atoms in total. The van der Waals surface area contributed by atoms with Gasteiger partial charge in [-0.05, 0) is 58.4 Å². The molecule has 0 aliphatic rings. The first-order chi connectivity index (χ1) is 14.5. The molecule has 2 N–H and O–H groups in total. The van der Waals surface area contributed by atoms with E-state index >= 15 is 0 Å². The molecule has 0 radical (unpaired) electrons. The van der Waals surface area contributed by atoms with E-state index in [4.69, 9.17) is 4.74 Å². The molecule has 2 amide bonds. The van der Waals surface area contributed by atoms with Gasteiger partial charge in [-0.3, -0.25) is 0 Å². The van der Waals surface area contributed by atoms with Crippen molar-refractivity contribution in [1.82, 2.24) is 15.0 Å². The summed E-state index contributed by atoms with van der Waals surface area (Å²) in [5, 5.41) is 5.50. The molecule has 4 rings (SSSR count). The SMILES string of the molecule is O=C(Nc1ccc(Oc2ncnc3ncc(Br)cc23)cc1)Nc1ccc(F)cc1F. The molecule has 2 aromatic carbocycles. The average molecular weight is 472 g/mol. The monoisotopic (exact) mass is 471 g/mol. The van der Waals surface area contributed by atoms with E-state index in [1.165, 1.54) is 6.33 Å². The largest absolute Gasteiger partial charge is 0.438 e. The maximum absolute atomic E-state index is 13.6. The minimum absolute atomic E-state index is 0.135. The predicted octanol–water partition coefficient (Wildman–Crippen LogP) is 5.50. The first-order valence-electron chi connectivity index (χ1n) is 8.55. The van der Waals surface area contributed by atoms with Crippen LogP contribution < -0.4 is 15.4 Å². The fourth-order valence-corrected chi connectivity index (χ4v) is 2.90. The van der Waals surface area contributed by atoms with Gasteiger partial charge in [-0.25, -0.2) is 28.5 Å². The van der Waals surface area contributed by atoms with Crippen LogP contribution in [-0.4, -0.2) is 21.0 Å². The molecule has 4 aromatic rings. The number of halogens is 3. The number of amides is 2. The van der Waals surface area contributed by atoms with Crippen LogP contribution in [0.5, 0.6) is 11.6 Å². The summed E-state index contributed by atoms with van der Waals surface area (Å²) in [6, 6.07) is 10.5. The number of aromatic nitrogens is 3. The topological polar surface area (TPSA) is 89.0 Å². The van der Waals surface area contributed by atoms with Gasteiger partial charge in [0.05, 0.1) is 11.1 Å². The van der Waals surface area contributed by atoms with Gasteiger partial charge in [-0.2, -0.15) is 0 Å². The zero-order valence-electron chi connectivity index (χ0n) is 15.1. The molecule has 0 aliphatic carbocycles. The van der Waals surface area contributed by atoms with Crippen molar-refractivity contribution >= 4 is 44.4 Å². The first-order valence-corrected chi connectivity index (χ1v) is 9.34. The summed E-state index contributed by atoms with van der Waals surface area (Å²) < 4.78 is 33.1. The van der Waals surface area contributed by atoms with E-state index in [9.17, 15) is 13.6 Å². The Morgan fingerprint density at radius 1 is 0.967 bits per heavy atom. The molecule has 10 heteroatoms. The Kier molecular flexibility index (Phi) is 5.48. The van der Waals surface area contributed by atoms with Crippen LogP contribution in [-0.2, 0) is 0 Å². The molecule has 0 fully saturated rings. The second kappa shape index (κ2) is 8.37. The van der Waals surface area contributed by atoms with Crippen LogP contribution in [0.1, 0.15) is 0 Å². The fourth-order valence-electron chi connectivity index (χ4n) is 2.57.